The smallest absolute Gasteiger partial charge is 0.100 e. The Bertz CT molecular complexity index is 209. The van der Waals surface area contributed by atoms with Crippen molar-refractivity contribution in [2.24, 2.45) is 5.73 Å². The number of hydrogen-bond donors (Lipinski definition) is 4. The van der Waals surface area contributed by atoms with Crippen LogP contribution in [0.5, 0.6) is 0 Å². The first-order valence-corrected chi connectivity index (χ1v) is 3.05. The quantitative estimate of drug-likeness (QED) is 0.451. The fraction of sp³-hybridized carbons (Fsp3) is 0.333. The molecular weight excluding hydrogens is 130 g/mol. The average molecular weight is 141 g/mol. The van der Waals surface area contributed by atoms with Crippen molar-refractivity contribution in [1.29, 1.82) is 0 Å². The minimum absolute atomic E-state index is 0.0695. The molecule has 0 radical (unpaired) electrons. The number of anilines is 1. The lowest BCUT2D eigenvalue weighted by Gasteiger charge is -2.03. The summed E-state index contributed by atoms with van der Waals surface area (Å²) in [6, 6.07) is 3.12. The van der Waals surface area contributed by atoms with Crippen molar-refractivity contribution in [2.45, 2.75) is 6.04 Å². The van der Waals surface area contributed by atoms with Crippen LogP contribution < -0.4 is 11.5 Å². The highest BCUT2D eigenvalue weighted by molar-refractivity contribution is 5.32. The summed E-state index contributed by atoms with van der Waals surface area (Å²) >= 11 is 0. The second-order valence-corrected chi connectivity index (χ2v) is 2.16. The molecule has 0 saturated carbocycles. The molecule has 0 fully saturated rings. The Labute approximate surface area is 58.8 Å². The van der Waals surface area contributed by atoms with Crippen LogP contribution >= 0.6 is 0 Å². The van der Waals surface area contributed by atoms with Gasteiger partial charge in [0, 0.05) is 5.69 Å². The van der Waals surface area contributed by atoms with Crippen molar-refractivity contribution in [1.82, 2.24) is 4.98 Å². The largest absolute Gasteiger partial charge is 0.394 e. The van der Waals surface area contributed by atoms with E-state index in [-0.39, 0.29) is 12.6 Å². The van der Waals surface area contributed by atoms with Crippen molar-refractivity contribution >= 4 is 5.82 Å². The van der Waals surface area contributed by atoms with Crippen molar-refractivity contribution in [3.63, 3.8) is 0 Å². The van der Waals surface area contributed by atoms with Crippen LogP contribution in [-0.4, -0.2) is 16.7 Å². The van der Waals surface area contributed by atoms with E-state index < -0.39 is 0 Å². The summed E-state index contributed by atoms with van der Waals surface area (Å²) in [5.41, 5.74) is 11.6. The molecule has 0 aliphatic carbocycles. The molecule has 0 saturated heterocycles. The van der Waals surface area contributed by atoms with Gasteiger partial charge in [0.1, 0.15) is 5.82 Å². The number of aliphatic hydroxyl groups is 1. The molecule has 0 unspecified atom stereocenters. The topological polar surface area (TPSA) is 88.1 Å². The van der Waals surface area contributed by atoms with Crippen LogP contribution in [-0.2, 0) is 0 Å². The maximum atomic E-state index is 8.61. The van der Waals surface area contributed by atoms with Gasteiger partial charge in [-0.3, -0.25) is 0 Å². The second-order valence-electron chi connectivity index (χ2n) is 2.16. The van der Waals surface area contributed by atoms with Gasteiger partial charge in [-0.25, -0.2) is 0 Å². The fourth-order valence-electron chi connectivity index (χ4n) is 0.744. The average Bonchev–Trinajstić information content (AvgIpc) is 2.34. The fourth-order valence-corrected chi connectivity index (χ4v) is 0.744. The summed E-state index contributed by atoms with van der Waals surface area (Å²) in [4.78, 5) is 2.82. The third kappa shape index (κ3) is 1.29. The van der Waals surface area contributed by atoms with Crippen LogP contribution in [0.25, 0.3) is 0 Å². The van der Waals surface area contributed by atoms with E-state index >= 15 is 0 Å². The molecule has 0 bridgehead atoms. The molecule has 1 aromatic heterocycles. The summed E-state index contributed by atoms with van der Waals surface area (Å²) in [7, 11) is 0. The van der Waals surface area contributed by atoms with E-state index in [0.29, 0.717) is 5.82 Å². The van der Waals surface area contributed by atoms with Crippen LogP contribution in [0.4, 0.5) is 5.82 Å². The summed E-state index contributed by atoms with van der Waals surface area (Å²) in [6.07, 6.45) is 0. The zero-order valence-corrected chi connectivity index (χ0v) is 5.54. The zero-order valence-electron chi connectivity index (χ0n) is 5.54. The number of nitrogens with one attached hydrogen (secondary N) is 1. The summed E-state index contributed by atoms with van der Waals surface area (Å²) < 4.78 is 0. The molecule has 0 aromatic carbocycles. The first kappa shape index (κ1) is 7.11. The van der Waals surface area contributed by atoms with Gasteiger partial charge in [-0.2, -0.15) is 0 Å². The second kappa shape index (κ2) is 2.72. The summed E-state index contributed by atoms with van der Waals surface area (Å²) in [5, 5.41) is 8.61. The standard InChI is InChI=1S/C6H11N3O/c7-4(3-10)5-1-2-6(8)9-5/h1-2,4,9-10H,3,7-8H2/t4-/m0/s1. The molecule has 4 nitrogen and oxygen atoms in total. The van der Waals surface area contributed by atoms with Gasteiger partial charge in [0.05, 0.1) is 12.6 Å². The number of aliphatic hydroxyl groups excluding tert-OH is 1. The van der Waals surface area contributed by atoms with E-state index in [2.05, 4.69) is 4.98 Å². The Morgan fingerprint density at radius 1 is 1.60 bits per heavy atom. The highest BCUT2D eigenvalue weighted by atomic mass is 16.3. The summed E-state index contributed by atoms with van der Waals surface area (Å²) in [6.45, 7) is -0.0695. The minimum atomic E-state index is -0.350. The van der Waals surface area contributed by atoms with Gasteiger partial charge in [-0.15, -0.1) is 0 Å². The number of aromatic nitrogens is 1. The third-order valence-corrected chi connectivity index (χ3v) is 1.33. The maximum absolute atomic E-state index is 8.61. The van der Waals surface area contributed by atoms with E-state index in [0.717, 1.165) is 5.69 Å². The van der Waals surface area contributed by atoms with E-state index in [1.807, 2.05) is 0 Å². The Balaban J connectivity index is 2.74. The molecule has 6 N–H and O–H groups in total. The number of rotatable bonds is 2. The Morgan fingerprint density at radius 2 is 2.30 bits per heavy atom. The summed E-state index contributed by atoms with van der Waals surface area (Å²) in [5.74, 6) is 0.568. The van der Waals surface area contributed by atoms with Crippen molar-refractivity contribution in [2.75, 3.05) is 12.3 Å². The van der Waals surface area contributed by atoms with Gasteiger partial charge < -0.3 is 21.6 Å². The van der Waals surface area contributed by atoms with Gasteiger partial charge in [-0.05, 0) is 12.1 Å². The number of nitrogens with two attached hydrogens (primary N) is 2. The van der Waals surface area contributed by atoms with Crippen molar-refractivity contribution in [3.8, 4) is 0 Å². The van der Waals surface area contributed by atoms with Crippen LogP contribution in [0.15, 0.2) is 12.1 Å². The first-order valence-electron chi connectivity index (χ1n) is 3.05. The van der Waals surface area contributed by atoms with E-state index in [1.54, 1.807) is 12.1 Å². The third-order valence-electron chi connectivity index (χ3n) is 1.33. The molecule has 0 spiro atoms. The number of hydrogen-bond acceptors (Lipinski definition) is 3. The maximum Gasteiger partial charge on any atom is 0.100 e. The molecular formula is C6H11N3O. The Kier molecular flexibility index (Phi) is 1.94. The van der Waals surface area contributed by atoms with Gasteiger partial charge >= 0.3 is 0 Å². The van der Waals surface area contributed by atoms with Crippen LogP contribution in [0.3, 0.4) is 0 Å². The Hall–Kier alpha value is -1.00. The molecule has 1 atom stereocenters. The lowest BCUT2D eigenvalue weighted by Crippen LogP contribution is -2.14. The molecule has 10 heavy (non-hydrogen) atoms. The number of nitrogen functional groups attached to an aromatic ring is 1. The van der Waals surface area contributed by atoms with Crippen molar-refractivity contribution in [3.05, 3.63) is 17.8 Å². The van der Waals surface area contributed by atoms with Crippen LogP contribution in [0.2, 0.25) is 0 Å². The minimum Gasteiger partial charge on any atom is -0.394 e. The number of aromatic amines is 1. The highest BCUT2D eigenvalue weighted by Crippen LogP contribution is 2.09. The first-order chi connectivity index (χ1) is 4.74. The SMILES string of the molecule is Nc1ccc([C@@H](N)CO)[nH]1. The van der Waals surface area contributed by atoms with E-state index in [4.69, 9.17) is 16.6 Å². The predicted octanol–water partition coefficient (Wildman–Crippen LogP) is -0.411. The zero-order chi connectivity index (χ0) is 7.56. The van der Waals surface area contributed by atoms with Gasteiger partial charge in [0.2, 0.25) is 0 Å². The molecule has 1 heterocycles. The van der Waals surface area contributed by atoms with Gasteiger partial charge in [-0.1, -0.05) is 0 Å². The van der Waals surface area contributed by atoms with Crippen LogP contribution in [0, 0.1) is 0 Å². The number of H-pyrrole nitrogens is 1. The van der Waals surface area contributed by atoms with Crippen LogP contribution in [0.1, 0.15) is 11.7 Å². The molecule has 56 valence electrons. The van der Waals surface area contributed by atoms with Gasteiger partial charge in [0.25, 0.3) is 0 Å². The normalized spacial score (nSPS) is 13.4. The lowest BCUT2D eigenvalue weighted by molar-refractivity contribution is 0.266. The molecule has 4 heteroatoms. The highest BCUT2D eigenvalue weighted by Gasteiger charge is 2.04. The molecule has 0 aliphatic heterocycles. The van der Waals surface area contributed by atoms with Gasteiger partial charge in [0.15, 0.2) is 0 Å². The van der Waals surface area contributed by atoms with E-state index in [9.17, 15) is 0 Å². The molecule has 1 aromatic rings. The van der Waals surface area contributed by atoms with E-state index in [1.165, 1.54) is 0 Å². The molecule has 0 aliphatic rings. The molecule has 1 rings (SSSR count). The Morgan fingerprint density at radius 3 is 2.70 bits per heavy atom. The molecule has 0 amide bonds. The lowest BCUT2D eigenvalue weighted by atomic mass is 10.2. The monoisotopic (exact) mass is 141 g/mol. The van der Waals surface area contributed by atoms with Crippen molar-refractivity contribution < 1.29 is 5.11 Å². The predicted molar refractivity (Wildman–Crippen MR) is 39.2 cm³/mol.